The largest absolute Gasteiger partial charge is 0.459 e. The Morgan fingerprint density at radius 2 is 2.57 bits per heavy atom. The van der Waals surface area contributed by atoms with Crippen LogP contribution in [0.3, 0.4) is 0 Å². The Balaban J connectivity index is 1.76. The molecule has 2 aliphatic rings. The van der Waals surface area contributed by atoms with Crippen molar-refractivity contribution in [3.63, 3.8) is 0 Å². The number of piperidine rings is 1. The van der Waals surface area contributed by atoms with E-state index in [0.717, 1.165) is 13.0 Å². The molecule has 4 nitrogen and oxygen atoms in total. The number of nitrogens with two attached hydrogens (primary N) is 1. The van der Waals surface area contributed by atoms with Crippen molar-refractivity contribution in [3.8, 4) is 0 Å². The van der Waals surface area contributed by atoms with Crippen LogP contribution < -0.4 is 5.73 Å². The number of carbonyl (C=O) groups is 1. The highest BCUT2D eigenvalue weighted by atomic mass is 16.3. The number of carbonyl (C=O) groups excluding carboxylic acids is 1. The Hall–Kier alpha value is -1.29. The van der Waals surface area contributed by atoms with E-state index in [9.17, 15) is 4.79 Å². The number of hydrogen-bond donors (Lipinski definition) is 1. The third-order valence-corrected chi connectivity index (χ3v) is 3.22. The summed E-state index contributed by atoms with van der Waals surface area (Å²) in [6, 6.07) is 3.41. The second kappa shape index (κ2) is 2.39. The van der Waals surface area contributed by atoms with Gasteiger partial charge in [0.15, 0.2) is 5.76 Å². The van der Waals surface area contributed by atoms with Crippen molar-refractivity contribution < 1.29 is 9.21 Å². The Morgan fingerprint density at radius 3 is 3.14 bits per heavy atom. The first kappa shape index (κ1) is 8.05. The summed E-state index contributed by atoms with van der Waals surface area (Å²) in [4.78, 5) is 13.6. The number of furan rings is 1. The van der Waals surface area contributed by atoms with Crippen LogP contribution >= 0.6 is 0 Å². The van der Waals surface area contributed by atoms with Gasteiger partial charge in [0, 0.05) is 18.6 Å². The van der Waals surface area contributed by atoms with E-state index >= 15 is 0 Å². The lowest BCUT2D eigenvalue weighted by molar-refractivity contribution is 0.0741. The lowest BCUT2D eigenvalue weighted by Gasteiger charge is -2.17. The fourth-order valence-corrected chi connectivity index (χ4v) is 2.24. The molecule has 0 spiro atoms. The van der Waals surface area contributed by atoms with Gasteiger partial charge >= 0.3 is 0 Å². The smallest absolute Gasteiger partial charge is 0.289 e. The zero-order valence-electron chi connectivity index (χ0n) is 7.77. The molecule has 0 bridgehead atoms. The second-order valence-corrected chi connectivity index (χ2v) is 4.30. The summed E-state index contributed by atoms with van der Waals surface area (Å²) in [6.45, 7) is 1.47. The monoisotopic (exact) mass is 192 g/mol. The highest BCUT2D eigenvalue weighted by molar-refractivity contribution is 5.91. The van der Waals surface area contributed by atoms with Gasteiger partial charge < -0.3 is 15.1 Å². The Morgan fingerprint density at radius 1 is 1.71 bits per heavy atom. The molecule has 1 aliphatic heterocycles. The first-order chi connectivity index (χ1) is 6.69. The van der Waals surface area contributed by atoms with Crippen molar-refractivity contribution >= 4 is 5.91 Å². The van der Waals surface area contributed by atoms with Crippen LogP contribution in [0.2, 0.25) is 0 Å². The molecule has 0 unspecified atom stereocenters. The molecule has 0 radical (unpaired) electrons. The van der Waals surface area contributed by atoms with Gasteiger partial charge in [-0.05, 0) is 24.5 Å². The molecule has 1 saturated heterocycles. The number of likely N-dealkylation sites (tertiary alicyclic amines) is 1. The first-order valence-electron chi connectivity index (χ1n) is 4.81. The Labute approximate surface area is 81.7 Å². The van der Waals surface area contributed by atoms with Crippen LogP contribution in [0, 0.1) is 5.92 Å². The van der Waals surface area contributed by atoms with E-state index in [4.69, 9.17) is 10.2 Å². The van der Waals surface area contributed by atoms with Crippen molar-refractivity contribution in [2.45, 2.75) is 12.0 Å². The minimum atomic E-state index is -0.0811. The molecule has 1 aromatic rings. The molecule has 2 heterocycles. The molecule has 1 amide bonds. The number of nitrogens with zero attached hydrogens (tertiary/aromatic N) is 1. The van der Waals surface area contributed by atoms with E-state index < -0.39 is 0 Å². The molecule has 2 N–H and O–H groups in total. The van der Waals surface area contributed by atoms with Crippen molar-refractivity contribution in [1.82, 2.24) is 4.90 Å². The summed E-state index contributed by atoms with van der Waals surface area (Å²) in [5, 5.41) is 0. The molecule has 1 saturated carbocycles. The average molecular weight is 192 g/mol. The van der Waals surface area contributed by atoms with Crippen LogP contribution in [-0.2, 0) is 0 Å². The molecule has 2 atom stereocenters. The minimum Gasteiger partial charge on any atom is -0.459 e. The van der Waals surface area contributed by atoms with Gasteiger partial charge in [-0.3, -0.25) is 4.79 Å². The summed E-state index contributed by atoms with van der Waals surface area (Å²) in [7, 11) is 0. The van der Waals surface area contributed by atoms with E-state index in [-0.39, 0.29) is 11.4 Å². The standard InChI is InChI=1S/C10H12N2O2/c11-10-4-7(10)5-12(6-10)9(13)8-2-1-3-14-8/h1-3,7H,4-6,11H2/t7-,10-/m0/s1. The molecule has 1 aliphatic carbocycles. The van der Waals surface area contributed by atoms with Gasteiger partial charge in [-0.15, -0.1) is 0 Å². The highest BCUT2D eigenvalue weighted by Crippen LogP contribution is 2.47. The Bertz CT molecular complexity index is 373. The maximum Gasteiger partial charge on any atom is 0.289 e. The predicted molar refractivity (Wildman–Crippen MR) is 49.6 cm³/mol. The average Bonchev–Trinajstić information content (AvgIpc) is 2.64. The van der Waals surface area contributed by atoms with Gasteiger partial charge in [-0.1, -0.05) is 0 Å². The highest BCUT2D eigenvalue weighted by Gasteiger charge is 2.58. The lowest BCUT2D eigenvalue weighted by atomic mass is 10.3. The fraction of sp³-hybridized carbons (Fsp3) is 0.500. The number of rotatable bonds is 1. The number of hydrogen-bond acceptors (Lipinski definition) is 3. The van der Waals surface area contributed by atoms with Crippen LogP contribution in [0.1, 0.15) is 17.0 Å². The Kier molecular flexibility index (Phi) is 1.37. The zero-order chi connectivity index (χ0) is 9.76. The summed E-state index contributed by atoms with van der Waals surface area (Å²) in [5.41, 5.74) is 5.93. The molecule has 1 aromatic heterocycles. The molecular formula is C10H12N2O2. The maximum absolute atomic E-state index is 11.8. The van der Waals surface area contributed by atoms with E-state index in [1.807, 2.05) is 0 Å². The van der Waals surface area contributed by atoms with Crippen molar-refractivity contribution in [1.29, 1.82) is 0 Å². The molecule has 14 heavy (non-hydrogen) atoms. The van der Waals surface area contributed by atoms with Gasteiger partial charge in [0.1, 0.15) is 0 Å². The van der Waals surface area contributed by atoms with Crippen LogP contribution in [0.15, 0.2) is 22.8 Å². The molecule has 4 heteroatoms. The van der Waals surface area contributed by atoms with E-state index in [1.165, 1.54) is 6.26 Å². The van der Waals surface area contributed by atoms with E-state index in [1.54, 1.807) is 17.0 Å². The third-order valence-electron chi connectivity index (χ3n) is 3.22. The van der Waals surface area contributed by atoms with Crippen molar-refractivity contribution in [2.75, 3.05) is 13.1 Å². The third kappa shape index (κ3) is 1.00. The SMILES string of the molecule is N[C@]12C[C@H]1CN(C(=O)c1ccco1)C2. The summed E-state index contributed by atoms with van der Waals surface area (Å²) in [6.07, 6.45) is 2.58. The van der Waals surface area contributed by atoms with Crippen molar-refractivity contribution in [3.05, 3.63) is 24.2 Å². The molecule has 2 fully saturated rings. The summed E-state index contributed by atoms with van der Waals surface area (Å²) < 4.78 is 5.06. The summed E-state index contributed by atoms with van der Waals surface area (Å²) >= 11 is 0. The number of fused-ring (bicyclic) bond motifs is 1. The second-order valence-electron chi connectivity index (χ2n) is 4.30. The topological polar surface area (TPSA) is 59.5 Å². The normalized spacial score (nSPS) is 34.4. The zero-order valence-corrected chi connectivity index (χ0v) is 7.77. The molecule has 0 aromatic carbocycles. The van der Waals surface area contributed by atoms with Crippen LogP contribution in [-0.4, -0.2) is 29.4 Å². The predicted octanol–water partition coefficient (Wildman–Crippen LogP) is 0.453. The van der Waals surface area contributed by atoms with Gasteiger partial charge in [-0.2, -0.15) is 0 Å². The van der Waals surface area contributed by atoms with Gasteiger partial charge in [-0.25, -0.2) is 0 Å². The van der Waals surface area contributed by atoms with Crippen LogP contribution in [0.25, 0.3) is 0 Å². The quantitative estimate of drug-likeness (QED) is 0.703. The maximum atomic E-state index is 11.8. The van der Waals surface area contributed by atoms with Gasteiger partial charge in [0.05, 0.1) is 6.26 Å². The molecule has 3 rings (SSSR count). The van der Waals surface area contributed by atoms with E-state index in [2.05, 4.69) is 0 Å². The summed E-state index contributed by atoms with van der Waals surface area (Å²) in [5.74, 6) is 0.892. The van der Waals surface area contributed by atoms with Gasteiger partial charge in [0.2, 0.25) is 0 Å². The molecule has 74 valence electrons. The van der Waals surface area contributed by atoms with Crippen LogP contribution in [0.5, 0.6) is 0 Å². The fourth-order valence-electron chi connectivity index (χ4n) is 2.24. The minimum absolute atomic E-state index is 0.0352. The lowest BCUT2D eigenvalue weighted by Crippen LogP contribution is -2.36. The van der Waals surface area contributed by atoms with Gasteiger partial charge in [0.25, 0.3) is 5.91 Å². The van der Waals surface area contributed by atoms with E-state index in [0.29, 0.717) is 18.2 Å². The molecular weight excluding hydrogens is 180 g/mol. The number of amides is 1. The van der Waals surface area contributed by atoms with Crippen molar-refractivity contribution in [2.24, 2.45) is 11.7 Å². The van der Waals surface area contributed by atoms with Crippen LogP contribution in [0.4, 0.5) is 0 Å². The first-order valence-corrected chi connectivity index (χ1v) is 4.81.